The molecule has 2 N–H and O–H groups in total. The number of hydrogen-bond acceptors (Lipinski definition) is 4. The third kappa shape index (κ3) is 1.84. The van der Waals surface area contributed by atoms with Crippen molar-refractivity contribution < 1.29 is 4.74 Å². The number of pyridine rings is 2. The molecule has 0 saturated carbocycles. The number of aromatic nitrogens is 2. The van der Waals surface area contributed by atoms with Crippen LogP contribution in [-0.4, -0.2) is 9.97 Å². The zero-order chi connectivity index (χ0) is 12.4. The summed E-state index contributed by atoms with van der Waals surface area (Å²) in [6.07, 6.45) is 5.08. The predicted molar refractivity (Wildman–Crippen MR) is 70.5 cm³/mol. The standard InChI is InChI=1S/C14H11N3O/c15-12-5-6-13(11-4-2-8-17-14(11)12)18-10-3-1-7-16-9-10/h1-9H,15H2. The second-order valence-electron chi connectivity index (χ2n) is 3.84. The zero-order valence-electron chi connectivity index (χ0n) is 9.58. The molecule has 0 unspecified atom stereocenters. The predicted octanol–water partition coefficient (Wildman–Crippen LogP) is 3.00. The number of nitrogen functional groups attached to an aromatic ring is 1. The Kier molecular flexibility index (Phi) is 2.53. The molecule has 0 atom stereocenters. The van der Waals surface area contributed by atoms with Crippen molar-refractivity contribution in [2.24, 2.45) is 0 Å². The van der Waals surface area contributed by atoms with Gasteiger partial charge in [0.05, 0.1) is 17.4 Å². The van der Waals surface area contributed by atoms with Gasteiger partial charge in [0.1, 0.15) is 11.5 Å². The second-order valence-corrected chi connectivity index (χ2v) is 3.84. The Labute approximate surface area is 104 Å². The second kappa shape index (κ2) is 4.33. The van der Waals surface area contributed by atoms with Gasteiger partial charge in [-0.1, -0.05) is 0 Å². The Morgan fingerprint density at radius 1 is 1.00 bits per heavy atom. The average Bonchev–Trinajstić information content (AvgIpc) is 2.44. The topological polar surface area (TPSA) is 61.0 Å². The smallest absolute Gasteiger partial charge is 0.145 e. The lowest BCUT2D eigenvalue weighted by molar-refractivity contribution is 0.486. The first kappa shape index (κ1) is 10.5. The Balaban J connectivity index is 2.10. The minimum Gasteiger partial charge on any atom is -0.455 e. The number of fused-ring (bicyclic) bond motifs is 1. The molecule has 0 fully saturated rings. The summed E-state index contributed by atoms with van der Waals surface area (Å²) in [5, 5.41) is 0.890. The van der Waals surface area contributed by atoms with Crippen LogP contribution in [0.1, 0.15) is 0 Å². The van der Waals surface area contributed by atoms with E-state index in [0.29, 0.717) is 11.4 Å². The molecule has 4 heteroatoms. The van der Waals surface area contributed by atoms with Crippen LogP contribution in [0.5, 0.6) is 11.5 Å². The summed E-state index contributed by atoms with van der Waals surface area (Å²) in [6.45, 7) is 0. The number of nitrogens with two attached hydrogens (primary N) is 1. The van der Waals surface area contributed by atoms with Crippen LogP contribution in [0.3, 0.4) is 0 Å². The summed E-state index contributed by atoms with van der Waals surface area (Å²) in [5.74, 6) is 1.41. The van der Waals surface area contributed by atoms with Crippen LogP contribution in [-0.2, 0) is 0 Å². The van der Waals surface area contributed by atoms with E-state index in [-0.39, 0.29) is 0 Å². The quantitative estimate of drug-likeness (QED) is 0.696. The van der Waals surface area contributed by atoms with Crippen LogP contribution < -0.4 is 10.5 Å². The van der Waals surface area contributed by atoms with Gasteiger partial charge >= 0.3 is 0 Å². The minimum absolute atomic E-state index is 0.643. The van der Waals surface area contributed by atoms with E-state index in [1.54, 1.807) is 24.7 Å². The molecule has 3 aromatic rings. The maximum Gasteiger partial charge on any atom is 0.145 e. The molecule has 18 heavy (non-hydrogen) atoms. The number of ether oxygens (including phenoxy) is 1. The van der Waals surface area contributed by atoms with Crippen molar-refractivity contribution in [2.75, 3.05) is 5.73 Å². The number of benzene rings is 1. The molecule has 0 radical (unpaired) electrons. The van der Waals surface area contributed by atoms with Crippen LogP contribution >= 0.6 is 0 Å². The van der Waals surface area contributed by atoms with Gasteiger partial charge < -0.3 is 10.5 Å². The highest BCUT2D eigenvalue weighted by Gasteiger charge is 2.06. The van der Waals surface area contributed by atoms with Crippen molar-refractivity contribution in [3.63, 3.8) is 0 Å². The summed E-state index contributed by atoms with van der Waals surface area (Å²) in [7, 11) is 0. The lowest BCUT2D eigenvalue weighted by Crippen LogP contribution is -1.92. The molecule has 1 aromatic carbocycles. The van der Waals surface area contributed by atoms with Gasteiger partial charge in [-0.25, -0.2) is 0 Å². The van der Waals surface area contributed by atoms with Gasteiger partial charge in [-0.3, -0.25) is 9.97 Å². The van der Waals surface area contributed by atoms with Gasteiger partial charge in [-0.2, -0.15) is 0 Å². The van der Waals surface area contributed by atoms with E-state index in [0.717, 1.165) is 16.7 Å². The van der Waals surface area contributed by atoms with Crippen LogP contribution in [0.2, 0.25) is 0 Å². The monoisotopic (exact) mass is 237 g/mol. The summed E-state index contributed by atoms with van der Waals surface area (Å²) >= 11 is 0. The largest absolute Gasteiger partial charge is 0.455 e. The van der Waals surface area contributed by atoms with Crippen LogP contribution in [0.15, 0.2) is 55.0 Å². The summed E-state index contributed by atoms with van der Waals surface area (Å²) in [6, 6.07) is 11.1. The number of hydrogen-bond donors (Lipinski definition) is 1. The Bertz CT molecular complexity index is 683. The number of anilines is 1. The van der Waals surface area contributed by atoms with Gasteiger partial charge in [0.2, 0.25) is 0 Å². The van der Waals surface area contributed by atoms with Gasteiger partial charge in [0.25, 0.3) is 0 Å². The SMILES string of the molecule is Nc1ccc(Oc2cccnc2)c2cccnc12. The maximum atomic E-state index is 5.89. The molecule has 0 saturated heterocycles. The maximum absolute atomic E-state index is 5.89. The van der Waals surface area contributed by atoms with Gasteiger partial charge in [0.15, 0.2) is 0 Å². The Hall–Kier alpha value is -2.62. The molecule has 0 amide bonds. The molecule has 0 spiro atoms. The van der Waals surface area contributed by atoms with E-state index >= 15 is 0 Å². The van der Waals surface area contributed by atoms with Gasteiger partial charge in [-0.15, -0.1) is 0 Å². The first-order valence-electron chi connectivity index (χ1n) is 5.56. The van der Waals surface area contributed by atoms with E-state index in [1.165, 1.54) is 0 Å². The first-order chi connectivity index (χ1) is 8.84. The van der Waals surface area contributed by atoms with Crippen LogP contribution in [0, 0.1) is 0 Å². The summed E-state index contributed by atoms with van der Waals surface area (Å²) < 4.78 is 5.79. The zero-order valence-corrected chi connectivity index (χ0v) is 9.58. The molecule has 0 bridgehead atoms. The fourth-order valence-electron chi connectivity index (χ4n) is 1.79. The lowest BCUT2D eigenvalue weighted by Gasteiger charge is -2.09. The Morgan fingerprint density at radius 3 is 2.72 bits per heavy atom. The van der Waals surface area contributed by atoms with Crippen LogP contribution in [0.4, 0.5) is 5.69 Å². The van der Waals surface area contributed by atoms with E-state index in [1.807, 2.05) is 30.3 Å². The molecular formula is C14H11N3O. The Morgan fingerprint density at radius 2 is 1.89 bits per heavy atom. The molecule has 0 aliphatic heterocycles. The molecule has 2 aromatic heterocycles. The normalized spacial score (nSPS) is 10.4. The molecule has 0 aliphatic rings. The third-order valence-corrected chi connectivity index (χ3v) is 2.62. The van der Waals surface area contributed by atoms with E-state index < -0.39 is 0 Å². The van der Waals surface area contributed by atoms with Crippen molar-refractivity contribution in [2.45, 2.75) is 0 Å². The first-order valence-corrected chi connectivity index (χ1v) is 5.56. The molecule has 2 heterocycles. The van der Waals surface area contributed by atoms with E-state index in [4.69, 9.17) is 10.5 Å². The third-order valence-electron chi connectivity index (χ3n) is 2.62. The fourth-order valence-corrected chi connectivity index (χ4v) is 1.79. The summed E-state index contributed by atoms with van der Waals surface area (Å²) in [4.78, 5) is 8.28. The van der Waals surface area contributed by atoms with Crippen molar-refractivity contribution >= 4 is 16.6 Å². The van der Waals surface area contributed by atoms with Crippen LogP contribution in [0.25, 0.3) is 10.9 Å². The van der Waals surface area contributed by atoms with E-state index in [9.17, 15) is 0 Å². The summed E-state index contributed by atoms with van der Waals surface area (Å²) in [5.41, 5.74) is 7.28. The molecular weight excluding hydrogens is 226 g/mol. The highest BCUT2D eigenvalue weighted by Crippen LogP contribution is 2.31. The van der Waals surface area contributed by atoms with Gasteiger partial charge in [-0.05, 0) is 36.4 Å². The van der Waals surface area contributed by atoms with Gasteiger partial charge in [0, 0.05) is 17.8 Å². The molecule has 0 aliphatic carbocycles. The molecule has 3 rings (SSSR count). The highest BCUT2D eigenvalue weighted by molar-refractivity contribution is 5.93. The molecule has 4 nitrogen and oxygen atoms in total. The van der Waals surface area contributed by atoms with Crippen molar-refractivity contribution in [3.05, 3.63) is 55.0 Å². The van der Waals surface area contributed by atoms with E-state index in [2.05, 4.69) is 9.97 Å². The minimum atomic E-state index is 0.643. The number of rotatable bonds is 2. The average molecular weight is 237 g/mol. The number of nitrogens with zero attached hydrogens (tertiary/aromatic N) is 2. The highest BCUT2D eigenvalue weighted by atomic mass is 16.5. The molecule has 88 valence electrons. The van der Waals surface area contributed by atoms with Crippen molar-refractivity contribution in [3.8, 4) is 11.5 Å². The fraction of sp³-hybridized carbons (Fsp3) is 0. The van der Waals surface area contributed by atoms with Crippen molar-refractivity contribution in [1.82, 2.24) is 9.97 Å². The lowest BCUT2D eigenvalue weighted by atomic mass is 10.2. The van der Waals surface area contributed by atoms with Crippen molar-refractivity contribution in [1.29, 1.82) is 0 Å².